The van der Waals surface area contributed by atoms with Crippen LogP contribution in [0.3, 0.4) is 0 Å². The second kappa shape index (κ2) is 6.97. The zero-order chi connectivity index (χ0) is 12.8. The first-order chi connectivity index (χ1) is 8.04. The number of aliphatic hydroxyl groups excluding tert-OH is 1. The van der Waals surface area contributed by atoms with Gasteiger partial charge in [0.05, 0.1) is 12.1 Å². The number of hydrogen-bond donors (Lipinski definition) is 2. The van der Waals surface area contributed by atoms with Crippen molar-refractivity contribution in [1.82, 2.24) is 10.2 Å². The number of carbonyl (C=O) groups is 1. The van der Waals surface area contributed by atoms with Crippen LogP contribution in [0.15, 0.2) is 0 Å². The van der Waals surface area contributed by atoms with Crippen LogP contribution in [0.25, 0.3) is 0 Å². The van der Waals surface area contributed by atoms with E-state index in [0.717, 1.165) is 38.5 Å². The monoisotopic (exact) mass is 242 g/mol. The zero-order valence-corrected chi connectivity index (χ0v) is 11.3. The molecule has 0 bridgehead atoms. The Morgan fingerprint density at radius 3 is 2.41 bits per heavy atom. The second-order valence-electron chi connectivity index (χ2n) is 5.28. The zero-order valence-electron chi connectivity index (χ0n) is 11.3. The Morgan fingerprint density at radius 1 is 1.35 bits per heavy atom. The van der Waals surface area contributed by atoms with E-state index in [0.29, 0.717) is 0 Å². The molecule has 0 aromatic rings. The van der Waals surface area contributed by atoms with Gasteiger partial charge in [-0.3, -0.25) is 9.69 Å². The topological polar surface area (TPSA) is 52.6 Å². The van der Waals surface area contributed by atoms with Gasteiger partial charge in [0, 0.05) is 6.04 Å². The summed E-state index contributed by atoms with van der Waals surface area (Å²) >= 11 is 0. The Bertz CT molecular complexity index is 236. The predicted octanol–water partition coefficient (Wildman–Crippen LogP) is 1.14. The lowest BCUT2D eigenvalue weighted by molar-refractivity contribution is -0.126. The number of carbonyl (C=O) groups excluding carboxylic acids is 1. The molecule has 1 aliphatic carbocycles. The summed E-state index contributed by atoms with van der Waals surface area (Å²) in [4.78, 5) is 14.1. The fraction of sp³-hybridized carbons (Fsp3) is 0.923. The first kappa shape index (κ1) is 14.5. The Kier molecular flexibility index (Phi) is 5.92. The molecule has 0 spiro atoms. The van der Waals surface area contributed by atoms with Gasteiger partial charge in [-0.2, -0.15) is 0 Å². The molecule has 1 aliphatic rings. The van der Waals surface area contributed by atoms with Crippen molar-refractivity contribution in [3.05, 3.63) is 0 Å². The van der Waals surface area contributed by atoms with Crippen LogP contribution in [0.2, 0.25) is 0 Å². The van der Waals surface area contributed by atoms with Gasteiger partial charge in [-0.15, -0.1) is 0 Å². The maximum absolute atomic E-state index is 12.1. The Labute approximate surface area is 104 Å². The molecule has 17 heavy (non-hydrogen) atoms. The summed E-state index contributed by atoms with van der Waals surface area (Å²) in [5.74, 6) is 0.137. The molecular formula is C13H26N2O2. The van der Waals surface area contributed by atoms with Gasteiger partial charge in [0.2, 0.25) is 5.91 Å². The van der Waals surface area contributed by atoms with Crippen LogP contribution >= 0.6 is 0 Å². The fourth-order valence-corrected chi connectivity index (χ4v) is 2.41. The predicted molar refractivity (Wildman–Crippen MR) is 68.8 cm³/mol. The van der Waals surface area contributed by atoms with Crippen LogP contribution in [-0.4, -0.2) is 48.2 Å². The third kappa shape index (κ3) is 4.64. The van der Waals surface area contributed by atoms with E-state index < -0.39 is 0 Å². The van der Waals surface area contributed by atoms with Crippen LogP contribution in [0.5, 0.6) is 0 Å². The minimum Gasteiger partial charge on any atom is -0.393 e. The molecule has 4 nitrogen and oxygen atoms in total. The number of nitrogens with zero attached hydrogens (tertiary/aromatic N) is 1. The van der Waals surface area contributed by atoms with Crippen molar-refractivity contribution in [3.8, 4) is 0 Å². The molecule has 0 aromatic heterocycles. The molecular weight excluding hydrogens is 216 g/mol. The van der Waals surface area contributed by atoms with Crippen LogP contribution in [0, 0.1) is 0 Å². The van der Waals surface area contributed by atoms with Crippen molar-refractivity contribution in [1.29, 1.82) is 0 Å². The highest BCUT2D eigenvalue weighted by molar-refractivity contribution is 5.81. The molecule has 1 fully saturated rings. The lowest BCUT2D eigenvalue weighted by Gasteiger charge is -2.29. The maximum atomic E-state index is 12.1. The van der Waals surface area contributed by atoms with E-state index in [1.807, 2.05) is 19.0 Å². The number of rotatable bonds is 5. The highest BCUT2D eigenvalue weighted by atomic mass is 16.3. The summed E-state index contributed by atoms with van der Waals surface area (Å²) in [7, 11) is 3.90. The Hall–Kier alpha value is -0.610. The van der Waals surface area contributed by atoms with Crippen molar-refractivity contribution < 1.29 is 9.90 Å². The molecule has 0 aromatic carbocycles. The largest absolute Gasteiger partial charge is 0.393 e. The number of hydrogen-bond acceptors (Lipinski definition) is 3. The molecule has 0 aliphatic heterocycles. The summed E-state index contributed by atoms with van der Waals surface area (Å²) in [6, 6.07) is 0.233. The standard InChI is InChI=1S/C13H26N2O2/c1-4-5-12(15(2)3)13(17)14-10-6-8-11(16)9-7-10/h10-12,16H,4-9H2,1-3H3,(H,14,17). The number of amides is 1. The first-order valence-electron chi connectivity index (χ1n) is 6.69. The van der Waals surface area contributed by atoms with Gasteiger partial charge in [0.15, 0.2) is 0 Å². The maximum Gasteiger partial charge on any atom is 0.237 e. The van der Waals surface area contributed by atoms with Crippen LogP contribution in [0.4, 0.5) is 0 Å². The van der Waals surface area contributed by atoms with Crippen LogP contribution < -0.4 is 5.32 Å². The third-order valence-electron chi connectivity index (χ3n) is 3.53. The molecule has 1 amide bonds. The Balaban J connectivity index is 2.41. The highest BCUT2D eigenvalue weighted by Gasteiger charge is 2.25. The van der Waals surface area contributed by atoms with Crippen molar-refractivity contribution >= 4 is 5.91 Å². The average molecular weight is 242 g/mol. The molecule has 1 atom stereocenters. The summed E-state index contributed by atoms with van der Waals surface area (Å²) in [6.45, 7) is 2.10. The quantitative estimate of drug-likeness (QED) is 0.760. The minimum atomic E-state index is -0.163. The molecule has 0 saturated heterocycles. The van der Waals surface area contributed by atoms with E-state index in [-0.39, 0.29) is 24.1 Å². The molecule has 4 heteroatoms. The van der Waals surface area contributed by atoms with Crippen molar-refractivity contribution in [2.24, 2.45) is 0 Å². The van der Waals surface area contributed by atoms with Gasteiger partial charge in [0.1, 0.15) is 0 Å². The van der Waals surface area contributed by atoms with Gasteiger partial charge >= 0.3 is 0 Å². The van der Waals surface area contributed by atoms with E-state index >= 15 is 0 Å². The molecule has 1 rings (SSSR count). The SMILES string of the molecule is CCCC(C(=O)NC1CCC(O)CC1)N(C)C. The first-order valence-corrected chi connectivity index (χ1v) is 6.69. The summed E-state index contributed by atoms with van der Waals surface area (Å²) in [6.07, 6.45) is 5.17. The number of aliphatic hydroxyl groups is 1. The highest BCUT2D eigenvalue weighted by Crippen LogP contribution is 2.18. The summed E-state index contributed by atoms with van der Waals surface area (Å²) in [5.41, 5.74) is 0. The van der Waals surface area contributed by atoms with Gasteiger partial charge in [0.25, 0.3) is 0 Å². The molecule has 0 radical (unpaired) electrons. The smallest absolute Gasteiger partial charge is 0.237 e. The minimum absolute atomic E-state index is 0.0214. The van der Waals surface area contributed by atoms with Crippen LogP contribution in [0.1, 0.15) is 45.4 Å². The molecule has 100 valence electrons. The van der Waals surface area contributed by atoms with E-state index in [9.17, 15) is 9.90 Å². The van der Waals surface area contributed by atoms with Crippen molar-refractivity contribution in [3.63, 3.8) is 0 Å². The van der Waals surface area contributed by atoms with Crippen molar-refractivity contribution in [2.45, 2.75) is 63.6 Å². The van der Waals surface area contributed by atoms with E-state index in [1.165, 1.54) is 0 Å². The molecule has 1 saturated carbocycles. The van der Waals surface area contributed by atoms with Gasteiger partial charge < -0.3 is 10.4 Å². The van der Waals surface area contributed by atoms with Crippen LogP contribution in [-0.2, 0) is 4.79 Å². The van der Waals surface area contributed by atoms with Crippen molar-refractivity contribution in [2.75, 3.05) is 14.1 Å². The van der Waals surface area contributed by atoms with E-state index in [4.69, 9.17) is 0 Å². The third-order valence-corrected chi connectivity index (χ3v) is 3.53. The molecule has 0 heterocycles. The normalized spacial score (nSPS) is 26.9. The van der Waals surface area contributed by atoms with Gasteiger partial charge in [-0.05, 0) is 46.2 Å². The second-order valence-corrected chi connectivity index (χ2v) is 5.28. The lowest BCUT2D eigenvalue weighted by Crippen LogP contribution is -2.48. The van der Waals surface area contributed by atoms with Gasteiger partial charge in [-0.25, -0.2) is 0 Å². The van der Waals surface area contributed by atoms with Gasteiger partial charge in [-0.1, -0.05) is 13.3 Å². The average Bonchev–Trinajstić information content (AvgIpc) is 2.28. The molecule has 1 unspecified atom stereocenters. The number of nitrogens with one attached hydrogen (secondary N) is 1. The number of likely N-dealkylation sites (N-methyl/N-ethyl adjacent to an activating group) is 1. The fourth-order valence-electron chi connectivity index (χ4n) is 2.41. The Morgan fingerprint density at radius 2 is 1.94 bits per heavy atom. The van der Waals surface area contributed by atoms with E-state index in [1.54, 1.807) is 0 Å². The van der Waals surface area contributed by atoms with E-state index in [2.05, 4.69) is 12.2 Å². The lowest BCUT2D eigenvalue weighted by atomic mass is 9.93. The summed E-state index contributed by atoms with van der Waals surface area (Å²) < 4.78 is 0. The summed E-state index contributed by atoms with van der Waals surface area (Å²) in [5, 5.41) is 12.5. The molecule has 2 N–H and O–H groups in total.